The van der Waals surface area contributed by atoms with Crippen molar-refractivity contribution in [1.82, 2.24) is 20.4 Å². The highest BCUT2D eigenvalue weighted by Gasteiger charge is 2.28. The molecule has 2 aliphatic rings. The summed E-state index contributed by atoms with van der Waals surface area (Å²) in [5.41, 5.74) is 0.893. The van der Waals surface area contributed by atoms with Crippen molar-refractivity contribution in [3.05, 3.63) is 30.2 Å². The van der Waals surface area contributed by atoms with Crippen molar-refractivity contribution in [2.75, 3.05) is 20.2 Å². The molecule has 29 heavy (non-hydrogen) atoms. The van der Waals surface area contributed by atoms with E-state index in [4.69, 9.17) is 9.26 Å². The molecule has 1 atom stereocenters. The first-order chi connectivity index (χ1) is 14.2. The van der Waals surface area contributed by atoms with Crippen molar-refractivity contribution >= 4 is 5.91 Å². The van der Waals surface area contributed by atoms with Gasteiger partial charge in [-0.25, -0.2) is 0 Å². The standard InChI is InChI=1S/C22H30N4O3/c1-28-19-11-9-16(10-12-19)21-24-20(29-25-21)15-26-13-5-6-17(14-26)22(27)23-18-7-3-2-4-8-18/h9-12,17-18H,2-8,13-15H2,1H3,(H,23,27). The average Bonchev–Trinajstić information content (AvgIpc) is 3.23. The van der Waals surface area contributed by atoms with Crippen LogP contribution < -0.4 is 10.1 Å². The van der Waals surface area contributed by atoms with Crippen LogP contribution in [-0.4, -0.2) is 47.2 Å². The minimum atomic E-state index is 0.0506. The molecular weight excluding hydrogens is 368 g/mol. The van der Waals surface area contributed by atoms with Crippen molar-refractivity contribution in [3.63, 3.8) is 0 Å². The van der Waals surface area contributed by atoms with Gasteiger partial charge in [0, 0.05) is 18.2 Å². The number of likely N-dealkylation sites (tertiary alicyclic amines) is 1. The Morgan fingerprint density at radius 3 is 2.72 bits per heavy atom. The predicted molar refractivity (Wildman–Crippen MR) is 109 cm³/mol. The molecule has 2 fully saturated rings. The van der Waals surface area contributed by atoms with E-state index in [1.54, 1.807) is 7.11 Å². The van der Waals surface area contributed by atoms with Gasteiger partial charge < -0.3 is 14.6 Å². The van der Waals surface area contributed by atoms with Gasteiger partial charge in [0.1, 0.15) is 5.75 Å². The lowest BCUT2D eigenvalue weighted by Gasteiger charge is -2.32. The second kappa shape index (κ2) is 9.39. The van der Waals surface area contributed by atoms with Gasteiger partial charge >= 0.3 is 0 Å². The van der Waals surface area contributed by atoms with Crippen LogP contribution >= 0.6 is 0 Å². The summed E-state index contributed by atoms with van der Waals surface area (Å²) in [6.45, 7) is 2.28. The van der Waals surface area contributed by atoms with E-state index in [0.29, 0.717) is 24.3 Å². The van der Waals surface area contributed by atoms with Gasteiger partial charge in [0.25, 0.3) is 0 Å². The van der Waals surface area contributed by atoms with Gasteiger partial charge in [-0.1, -0.05) is 24.4 Å². The molecule has 156 valence electrons. The number of ether oxygens (including phenoxy) is 1. The van der Waals surface area contributed by atoms with Gasteiger partial charge in [0.2, 0.25) is 17.6 Å². The molecular formula is C22H30N4O3. The van der Waals surface area contributed by atoms with Crippen molar-refractivity contribution < 1.29 is 14.1 Å². The SMILES string of the molecule is COc1ccc(-c2noc(CN3CCCC(C(=O)NC4CCCCC4)C3)n2)cc1. The summed E-state index contributed by atoms with van der Waals surface area (Å²) >= 11 is 0. The number of piperidine rings is 1. The number of hydrogen-bond donors (Lipinski definition) is 1. The van der Waals surface area contributed by atoms with E-state index >= 15 is 0 Å². The highest BCUT2D eigenvalue weighted by Crippen LogP contribution is 2.23. The molecule has 7 heteroatoms. The molecule has 1 saturated carbocycles. The molecule has 1 saturated heterocycles. The fourth-order valence-corrected chi connectivity index (χ4v) is 4.35. The zero-order chi connectivity index (χ0) is 20.1. The fourth-order valence-electron chi connectivity index (χ4n) is 4.35. The predicted octanol–water partition coefficient (Wildman–Crippen LogP) is 3.41. The number of hydrogen-bond acceptors (Lipinski definition) is 6. The monoisotopic (exact) mass is 398 g/mol. The number of nitrogens with zero attached hydrogens (tertiary/aromatic N) is 3. The zero-order valence-corrected chi connectivity index (χ0v) is 17.1. The molecule has 1 N–H and O–H groups in total. The second-order valence-corrected chi connectivity index (χ2v) is 8.16. The Kier molecular flexibility index (Phi) is 6.44. The quantitative estimate of drug-likeness (QED) is 0.803. The molecule has 4 rings (SSSR count). The molecule has 2 aromatic rings. The van der Waals surface area contributed by atoms with Crippen LogP contribution in [0.5, 0.6) is 5.75 Å². The number of carbonyl (C=O) groups is 1. The topological polar surface area (TPSA) is 80.5 Å². The lowest BCUT2D eigenvalue weighted by Crippen LogP contribution is -2.46. The lowest BCUT2D eigenvalue weighted by molar-refractivity contribution is -0.127. The summed E-state index contributed by atoms with van der Waals surface area (Å²) in [5.74, 6) is 2.22. The van der Waals surface area contributed by atoms with Crippen LogP contribution in [-0.2, 0) is 11.3 Å². The van der Waals surface area contributed by atoms with Crippen LogP contribution in [0.25, 0.3) is 11.4 Å². The maximum atomic E-state index is 12.7. The van der Waals surface area contributed by atoms with Crippen molar-refractivity contribution in [3.8, 4) is 17.1 Å². The van der Waals surface area contributed by atoms with E-state index in [1.807, 2.05) is 24.3 Å². The van der Waals surface area contributed by atoms with E-state index in [9.17, 15) is 4.79 Å². The molecule has 1 aromatic carbocycles. The van der Waals surface area contributed by atoms with Gasteiger partial charge in [-0.15, -0.1) is 0 Å². The molecule has 1 amide bonds. The third kappa shape index (κ3) is 5.15. The molecule has 1 unspecified atom stereocenters. The largest absolute Gasteiger partial charge is 0.497 e. The third-order valence-electron chi connectivity index (χ3n) is 6.00. The van der Waals surface area contributed by atoms with E-state index in [-0.39, 0.29) is 11.8 Å². The summed E-state index contributed by atoms with van der Waals surface area (Å²) in [7, 11) is 1.64. The average molecular weight is 399 g/mol. The first kappa shape index (κ1) is 19.9. The van der Waals surface area contributed by atoms with Crippen molar-refractivity contribution in [1.29, 1.82) is 0 Å². The minimum absolute atomic E-state index is 0.0506. The van der Waals surface area contributed by atoms with Gasteiger partial charge in [-0.05, 0) is 56.5 Å². The van der Waals surface area contributed by atoms with Crippen LogP contribution in [0.1, 0.15) is 50.8 Å². The second-order valence-electron chi connectivity index (χ2n) is 8.16. The summed E-state index contributed by atoms with van der Waals surface area (Å²) in [4.78, 5) is 19.5. The highest BCUT2D eigenvalue weighted by molar-refractivity contribution is 5.79. The number of carbonyl (C=O) groups excluding carboxylic acids is 1. The summed E-state index contributed by atoms with van der Waals surface area (Å²) < 4.78 is 10.6. The maximum absolute atomic E-state index is 12.7. The van der Waals surface area contributed by atoms with Gasteiger partial charge in [0.05, 0.1) is 19.6 Å². The Morgan fingerprint density at radius 2 is 1.97 bits per heavy atom. The molecule has 0 bridgehead atoms. The Labute approximate surface area is 171 Å². The first-order valence-corrected chi connectivity index (χ1v) is 10.7. The molecule has 2 heterocycles. The molecule has 1 aliphatic heterocycles. The third-order valence-corrected chi connectivity index (χ3v) is 6.00. The van der Waals surface area contributed by atoms with Crippen LogP contribution in [0, 0.1) is 5.92 Å². The first-order valence-electron chi connectivity index (χ1n) is 10.7. The number of aromatic nitrogens is 2. The molecule has 7 nitrogen and oxygen atoms in total. The van der Waals surface area contributed by atoms with Gasteiger partial charge in [0.15, 0.2) is 0 Å². The van der Waals surface area contributed by atoms with Crippen LogP contribution in [0.15, 0.2) is 28.8 Å². The van der Waals surface area contributed by atoms with E-state index in [0.717, 1.165) is 50.1 Å². The van der Waals surface area contributed by atoms with E-state index in [2.05, 4.69) is 20.4 Å². The normalized spacial score (nSPS) is 21.1. The number of nitrogens with one attached hydrogen (secondary N) is 1. The molecule has 1 aliphatic carbocycles. The van der Waals surface area contributed by atoms with Crippen molar-refractivity contribution in [2.45, 2.75) is 57.5 Å². The fraction of sp³-hybridized carbons (Fsp3) is 0.591. The number of benzene rings is 1. The summed E-state index contributed by atoms with van der Waals surface area (Å²) in [6, 6.07) is 7.96. The van der Waals surface area contributed by atoms with E-state index in [1.165, 1.54) is 19.3 Å². The number of amides is 1. The summed E-state index contributed by atoms with van der Waals surface area (Å²) in [5, 5.41) is 7.39. The Morgan fingerprint density at radius 1 is 1.17 bits per heavy atom. The molecule has 0 radical (unpaired) electrons. The molecule has 1 aromatic heterocycles. The Hall–Kier alpha value is -2.41. The van der Waals surface area contributed by atoms with Gasteiger partial charge in [-0.2, -0.15) is 4.98 Å². The number of methoxy groups -OCH3 is 1. The van der Waals surface area contributed by atoms with E-state index < -0.39 is 0 Å². The minimum Gasteiger partial charge on any atom is -0.497 e. The van der Waals surface area contributed by atoms with Crippen molar-refractivity contribution in [2.24, 2.45) is 5.92 Å². The van der Waals surface area contributed by atoms with Crippen LogP contribution in [0.4, 0.5) is 0 Å². The molecule has 0 spiro atoms. The Bertz CT molecular complexity index is 799. The maximum Gasteiger partial charge on any atom is 0.241 e. The number of rotatable bonds is 6. The Balaban J connectivity index is 1.32. The zero-order valence-electron chi connectivity index (χ0n) is 17.1. The smallest absolute Gasteiger partial charge is 0.241 e. The lowest BCUT2D eigenvalue weighted by atomic mass is 9.93. The van der Waals surface area contributed by atoms with Crippen LogP contribution in [0.3, 0.4) is 0 Å². The van der Waals surface area contributed by atoms with Gasteiger partial charge in [-0.3, -0.25) is 9.69 Å². The highest BCUT2D eigenvalue weighted by atomic mass is 16.5. The summed E-state index contributed by atoms with van der Waals surface area (Å²) in [6.07, 6.45) is 7.98. The van der Waals surface area contributed by atoms with Crippen LogP contribution in [0.2, 0.25) is 0 Å².